The summed E-state index contributed by atoms with van der Waals surface area (Å²) in [6.45, 7) is 5.44. The first-order chi connectivity index (χ1) is 8.95. The molecule has 0 spiro atoms. The molecule has 1 atom stereocenters. The fraction of sp³-hybridized carbons (Fsp3) is 0.417. The molecule has 0 heterocycles. The number of nitrogens with one attached hydrogen (secondary N) is 2. The van der Waals surface area contributed by atoms with Crippen LogP contribution < -0.4 is 10.9 Å². The lowest BCUT2D eigenvalue weighted by molar-refractivity contribution is -0.385. The Labute approximate surface area is 111 Å². The van der Waals surface area contributed by atoms with Crippen molar-refractivity contribution in [1.29, 1.82) is 0 Å². The van der Waals surface area contributed by atoms with Crippen molar-refractivity contribution in [2.75, 3.05) is 6.61 Å². The van der Waals surface area contributed by atoms with E-state index in [-0.39, 0.29) is 12.3 Å². The highest BCUT2D eigenvalue weighted by molar-refractivity contribution is 5.66. The van der Waals surface area contributed by atoms with Gasteiger partial charge in [0, 0.05) is 11.6 Å². The van der Waals surface area contributed by atoms with Crippen LogP contribution in [0, 0.1) is 17.0 Å². The maximum atomic E-state index is 11.1. The minimum absolute atomic E-state index is 0.0191. The van der Waals surface area contributed by atoms with Gasteiger partial charge in [-0.05, 0) is 26.3 Å². The Bertz CT molecular complexity index is 476. The number of nitro benzene ring substituents is 1. The van der Waals surface area contributed by atoms with E-state index < -0.39 is 17.1 Å². The first kappa shape index (κ1) is 14.9. The van der Waals surface area contributed by atoms with Gasteiger partial charge in [0.05, 0.1) is 17.6 Å². The zero-order valence-electron chi connectivity index (χ0n) is 11.1. The lowest BCUT2D eigenvalue weighted by Crippen LogP contribution is -2.39. The molecule has 0 fully saturated rings. The molecule has 1 aromatic carbocycles. The number of amides is 1. The Morgan fingerprint density at radius 1 is 1.53 bits per heavy atom. The predicted octanol–water partition coefficient (Wildman–Crippen LogP) is 2.21. The summed E-state index contributed by atoms with van der Waals surface area (Å²) in [6, 6.07) is 4.53. The first-order valence-corrected chi connectivity index (χ1v) is 5.89. The standard InChI is InChI=1S/C12H17N3O4/c1-4-19-12(16)14-13-9(3)10-6-5-8(2)7-11(10)15(17)18/h5-7,9,13H,4H2,1-3H3,(H,14,16). The maximum Gasteiger partial charge on any atom is 0.421 e. The monoisotopic (exact) mass is 267 g/mol. The number of benzene rings is 1. The number of hydrogen-bond donors (Lipinski definition) is 2. The third-order valence-electron chi connectivity index (χ3n) is 2.52. The summed E-state index contributed by atoms with van der Waals surface area (Å²) in [4.78, 5) is 21.7. The minimum Gasteiger partial charge on any atom is -0.449 e. The van der Waals surface area contributed by atoms with Crippen molar-refractivity contribution in [3.8, 4) is 0 Å². The normalized spacial score (nSPS) is 11.7. The van der Waals surface area contributed by atoms with E-state index in [4.69, 9.17) is 0 Å². The molecular weight excluding hydrogens is 250 g/mol. The molecule has 0 aliphatic heterocycles. The number of hydrogen-bond acceptors (Lipinski definition) is 5. The van der Waals surface area contributed by atoms with E-state index in [1.54, 1.807) is 32.9 Å². The van der Waals surface area contributed by atoms with Crippen LogP contribution in [0.5, 0.6) is 0 Å². The molecule has 0 saturated heterocycles. The number of ether oxygens (including phenoxy) is 1. The van der Waals surface area contributed by atoms with E-state index in [0.29, 0.717) is 5.56 Å². The van der Waals surface area contributed by atoms with Crippen molar-refractivity contribution in [2.24, 2.45) is 0 Å². The Hall–Kier alpha value is -2.15. The molecule has 0 saturated carbocycles. The van der Waals surface area contributed by atoms with E-state index >= 15 is 0 Å². The smallest absolute Gasteiger partial charge is 0.421 e. The molecule has 1 unspecified atom stereocenters. The minimum atomic E-state index is -0.621. The van der Waals surface area contributed by atoms with Gasteiger partial charge in [-0.2, -0.15) is 0 Å². The van der Waals surface area contributed by atoms with E-state index in [0.717, 1.165) is 5.56 Å². The van der Waals surface area contributed by atoms with Crippen LogP contribution in [0.4, 0.5) is 10.5 Å². The van der Waals surface area contributed by atoms with Crippen LogP contribution in [0.3, 0.4) is 0 Å². The summed E-state index contributed by atoms with van der Waals surface area (Å²) in [7, 11) is 0. The second kappa shape index (κ2) is 6.69. The van der Waals surface area contributed by atoms with Gasteiger partial charge in [-0.3, -0.25) is 15.5 Å². The SMILES string of the molecule is CCOC(=O)NNC(C)c1ccc(C)cc1[N+](=O)[O-]. The highest BCUT2D eigenvalue weighted by Gasteiger charge is 2.19. The second-order valence-electron chi connectivity index (χ2n) is 4.03. The number of aryl methyl sites for hydroxylation is 1. The van der Waals surface area contributed by atoms with Crippen LogP contribution in [0.2, 0.25) is 0 Å². The largest absolute Gasteiger partial charge is 0.449 e. The van der Waals surface area contributed by atoms with Gasteiger partial charge in [-0.25, -0.2) is 10.2 Å². The molecule has 0 radical (unpaired) electrons. The summed E-state index contributed by atoms with van der Waals surface area (Å²) in [5.41, 5.74) is 6.32. The molecule has 7 heteroatoms. The average molecular weight is 267 g/mol. The molecule has 1 rings (SSSR count). The van der Waals surface area contributed by atoms with Crippen LogP contribution in [0.25, 0.3) is 0 Å². The Kier molecular flexibility index (Phi) is 5.25. The van der Waals surface area contributed by atoms with Gasteiger partial charge in [0.1, 0.15) is 0 Å². The fourth-order valence-corrected chi connectivity index (χ4v) is 1.59. The molecular formula is C12H17N3O4. The number of carbonyl (C=O) groups excluding carboxylic acids is 1. The van der Waals surface area contributed by atoms with E-state index in [2.05, 4.69) is 15.6 Å². The van der Waals surface area contributed by atoms with Crippen molar-refractivity contribution < 1.29 is 14.5 Å². The molecule has 104 valence electrons. The highest BCUT2D eigenvalue weighted by Crippen LogP contribution is 2.25. The van der Waals surface area contributed by atoms with Gasteiger partial charge in [-0.1, -0.05) is 12.1 Å². The Balaban J connectivity index is 2.79. The van der Waals surface area contributed by atoms with Crippen molar-refractivity contribution in [3.63, 3.8) is 0 Å². The maximum absolute atomic E-state index is 11.1. The number of carbonyl (C=O) groups is 1. The fourth-order valence-electron chi connectivity index (χ4n) is 1.59. The predicted molar refractivity (Wildman–Crippen MR) is 69.5 cm³/mol. The lowest BCUT2D eigenvalue weighted by atomic mass is 10.0. The molecule has 2 N–H and O–H groups in total. The topological polar surface area (TPSA) is 93.5 Å². The molecule has 0 aromatic heterocycles. The Morgan fingerprint density at radius 3 is 2.79 bits per heavy atom. The third-order valence-corrected chi connectivity index (χ3v) is 2.52. The van der Waals surface area contributed by atoms with Gasteiger partial charge in [0.25, 0.3) is 5.69 Å². The van der Waals surface area contributed by atoms with Crippen molar-refractivity contribution >= 4 is 11.8 Å². The molecule has 0 aliphatic carbocycles. The zero-order valence-corrected chi connectivity index (χ0v) is 11.1. The molecule has 7 nitrogen and oxygen atoms in total. The van der Waals surface area contributed by atoms with Gasteiger partial charge in [-0.15, -0.1) is 0 Å². The van der Waals surface area contributed by atoms with Gasteiger partial charge < -0.3 is 4.74 Å². The third kappa shape index (κ3) is 4.22. The number of nitrogens with zero attached hydrogens (tertiary/aromatic N) is 1. The van der Waals surface area contributed by atoms with Crippen molar-refractivity contribution in [2.45, 2.75) is 26.8 Å². The quantitative estimate of drug-likeness (QED) is 0.630. The lowest BCUT2D eigenvalue weighted by Gasteiger charge is -2.15. The number of rotatable bonds is 5. The van der Waals surface area contributed by atoms with E-state index in [1.807, 2.05) is 0 Å². The van der Waals surface area contributed by atoms with Gasteiger partial charge in [0.2, 0.25) is 0 Å². The summed E-state index contributed by atoms with van der Waals surface area (Å²) < 4.78 is 4.68. The van der Waals surface area contributed by atoms with Crippen LogP contribution in [-0.4, -0.2) is 17.6 Å². The first-order valence-electron chi connectivity index (χ1n) is 5.89. The van der Waals surface area contributed by atoms with Crippen LogP contribution in [-0.2, 0) is 4.74 Å². The number of nitro groups is 1. The molecule has 0 bridgehead atoms. The number of hydrazine groups is 1. The summed E-state index contributed by atoms with van der Waals surface area (Å²) >= 11 is 0. The van der Waals surface area contributed by atoms with Gasteiger partial charge >= 0.3 is 6.09 Å². The van der Waals surface area contributed by atoms with Gasteiger partial charge in [0.15, 0.2) is 0 Å². The van der Waals surface area contributed by atoms with Crippen molar-refractivity contribution in [1.82, 2.24) is 10.9 Å². The zero-order chi connectivity index (χ0) is 14.4. The van der Waals surface area contributed by atoms with Crippen molar-refractivity contribution in [3.05, 3.63) is 39.4 Å². The molecule has 0 aliphatic rings. The van der Waals surface area contributed by atoms with E-state index in [1.165, 1.54) is 6.07 Å². The average Bonchev–Trinajstić information content (AvgIpc) is 2.36. The summed E-state index contributed by atoms with van der Waals surface area (Å²) in [5.74, 6) is 0. The van der Waals surface area contributed by atoms with E-state index in [9.17, 15) is 14.9 Å². The van der Waals surface area contributed by atoms with Crippen LogP contribution in [0.15, 0.2) is 18.2 Å². The van der Waals surface area contributed by atoms with Crippen LogP contribution >= 0.6 is 0 Å². The van der Waals surface area contributed by atoms with Crippen LogP contribution in [0.1, 0.15) is 31.0 Å². The second-order valence-corrected chi connectivity index (χ2v) is 4.03. The molecule has 1 aromatic rings. The molecule has 1 amide bonds. The highest BCUT2D eigenvalue weighted by atomic mass is 16.6. The Morgan fingerprint density at radius 2 is 2.21 bits per heavy atom. The summed E-state index contributed by atoms with van der Waals surface area (Å²) in [6.07, 6.45) is -0.621. The molecule has 19 heavy (non-hydrogen) atoms. The summed E-state index contributed by atoms with van der Waals surface area (Å²) in [5, 5.41) is 11.0.